The first-order valence-corrected chi connectivity index (χ1v) is 14.6. The van der Waals surface area contributed by atoms with Crippen LogP contribution in [0.5, 0.6) is 23.0 Å². The summed E-state index contributed by atoms with van der Waals surface area (Å²) in [4.78, 5) is 29.0. The van der Waals surface area contributed by atoms with E-state index in [0.717, 1.165) is 62.3 Å². The fourth-order valence-electron chi connectivity index (χ4n) is 7.31. The number of nitrogens with zero attached hydrogens (tertiary/aromatic N) is 2. The van der Waals surface area contributed by atoms with Gasteiger partial charge in [-0.3, -0.25) is 14.5 Å². The third-order valence-corrected chi connectivity index (χ3v) is 9.43. The van der Waals surface area contributed by atoms with Crippen LogP contribution in [0.3, 0.4) is 0 Å². The van der Waals surface area contributed by atoms with Gasteiger partial charge in [-0.05, 0) is 90.1 Å². The Labute approximate surface area is 243 Å². The van der Waals surface area contributed by atoms with Crippen LogP contribution >= 0.6 is 0 Å². The van der Waals surface area contributed by atoms with Gasteiger partial charge in [0.15, 0.2) is 23.0 Å². The Hall–Kier alpha value is -3.52. The molecule has 2 aromatic rings. The molecule has 8 heteroatoms. The van der Waals surface area contributed by atoms with Crippen LogP contribution in [-0.2, 0) is 22.4 Å². The van der Waals surface area contributed by atoms with Gasteiger partial charge in [0.05, 0.1) is 34.5 Å². The number of rotatable bonds is 9. The van der Waals surface area contributed by atoms with Crippen molar-refractivity contribution in [3.63, 3.8) is 0 Å². The number of piperidine rings is 1. The Morgan fingerprint density at radius 2 is 1.44 bits per heavy atom. The second-order valence-corrected chi connectivity index (χ2v) is 11.3. The number of hydrogen-bond acceptors (Lipinski definition) is 7. The van der Waals surface area contributed by atoms with Crippen molar-refractivity contribution in [2.24, 2.45) is 11.8 Å². The van der Waals surface area contributed by atoms with Gasteiger partial charge < -0.3 is 23.8 Å². The highest BCUT2D eigenvalue weighted by molar-refractivity contribution is 5.91. The maximum Gasteiger partial charge on any atom is 0.247 e. The van der Waals surface area contributed by atoms with Crippen molar-refractivity contribution in [2.75, 3.05) is 48.1 Å². The first-order valence-electron chi connectivity index (χ1n) is 14.6. The van der Waals surface area contributed by atoms with Crippen LogP contribution in [-0.4, -0.2) is 70.1 Å². The minimum atomic E-state index is -0.132. The third-order valence-electron chi connectivity index (χ3n) is 9.43. The third kappa shape index (κ3) is 5.54. The Kier molecular flexibility index (Phi) is 8.88. The quantitative estimate of drug-likeness (QED) is 0.317. The Morgan fingerprint density at radius 3 is 2.05 bits per heavy atom. The monoisotopic (exact) mass is 562 g/mol. The van der Waals surface area contributed by atoms with Gasteiger partial charge in [-0.1, -0.05) is 13.3 Å². The predicted molar refractivity (Wildman–Crippen MR) is 157 cm³/mol. The van der Waals surface area contributed by atoms with Crippen molar-refractivity contribution in [1.29, 1.82) is 0 Å². The maximum absolute atomic E-state index is 13.4. The maximum atomic E-state index is 13.4. The minimum absolute atomic E-state index is 0.124. The topological polar surface area (TPSA) is 77.5 Å². The molecule has 0 bridgehead atoms. The second kappa shape index (κ2) is 12.6. The van der Waals surface area contributed by atoms with E-state index in [9.17, 15) is 9.59 Å². The van der Waals surface area contributed by atoms with Gasteiger partial charge in [0.25, 0.3) is 0 Å². The lowest BCUT2D eigenvalue weighted by atomic mass is 9.72. The summed E-state index contributed by atoms with van der Waals surface area (Å²) in [7, 11) is 6.67. The fraction of sp³-hybridized carbons (Fsp3) is 0.515. The van der Waals surface area contributed by atoms with Crippen molar-refractivity contribution in [2.45, 2.75) is 51.1 Å². The lowest BCUT2D eigenvalue weighted by Gasteiger charge is -2.49. The zero-order chi connectivity index (χ0) is 29.1. The van der Waals surface area contributed by atoms with Crippen LogP contribution in [0.2, 0.25) is 0 Å². The van der Waals surface area contributed by atoms with Gasteiger partial charge in [0.1, 0.15) is 6.29 Å². The minimum Gasteiger partial charge on any atom is -0.493 e. The molecule has 4 unspecified atom stereocenters. The average Bonchev–Trinajstić information content (AvgIpc) is 3.01. The standard InChI is InChI=1S/C33H42N2O6/c1-6-21-20-34-11-9-22-16-29(38-2)31(40-4)18-25(22)27(34)14-24(21)15-28-26-19-32(41-5)30(39-3)17-23(26)10-12-35(28)33(37)8-7-13-36/h7-8,13,16-19,21,24,27-28H,6,9-12,14-15,20H2,1-5H3/b8-7+. The lowest BCUT2D eigenvalue weighted by molar-refractivity contribution is -0.129. The van der Waals surface area contributed by atoms with Crippen LogP contribution < -0.4 is 18.9 Å². The molecule has 0 aliphatic carbocycles. The first kappa shape index (κ1) is 29.0. The van der Waals surface area contributed by atoms with Crippen molar-refractivity contribution < 1.29 is 28.5 Å². The molecule has 4 atom stereocenters. The lowest BCUT2D eigenvalue weighted by Crippen LogP contribution is -2.47. The smallest absolute Gasteiger partial charge is 0.247 e. The van der Waals surface area contributed by atoms with E-state index in [2.05, 4.69) is 30.0 Å². The fourth-order valence-corrected chi connectivity index (χ4v) is 7.31. The van der Waals surface area contributed by atoms with Crippen LogP contribution in [0.4, 0.5) is 0 Å². The zero-order valence-corrected chi connectivity index (χ0v) is 24.9. The van der Waals surface area contributed by atoms with E-state index >= 15 is 0 Å². The number of allylic oxidation sites excluding steroid dienone is 1. The van der Waals surface area contributed by atoms with E-state index in [1.54, 1.807) is 28.4 Å². The van der Waals surface area contributed by atoms with Gasteiger partial charge >= 0.3 is 0 Å². The molecule has 3 aliphatic rings. The Bertz CT molecular complexity index is 1310. The number of methoxy groups -OCH3 is 4. The van der Waals surface area contributed by atoms with Crippen LogP contribution in [0.15, 0.2) is 36.4 Å². The summed E-state index contributed by atoms with van der Waals surface area (Å²) in [5.41, 5.74) is 4.94. The molecule has 1 saturated heterocycles. The molecular weight excluding hydrogens is 520 g/mol. The highest BCUT2D eigenvalue weighted by Crippen LogP contribution is 2.49. The molecule has 0 radical (unpaired) electrons. The summed E-state index contributed by atoms with van der Waals surface area (Å²) in [5, 5.41) is 0. The van der Waals surface area contributed by atoms with E-state index in [4.69, 9.17) is 18.9 Å². The van der Waals surface area contributed by atoms with Crippen LogP contribution in [0.1, 0.15) is 60.5 Å². The Balaban J connectivity index is 1.51. The molecule has 0 spiro atoms. The molecule has 3 aliphatic heterocycles. The largest absolute Gasteiger partial charge is 0.493 e. The summed E-state index contributed by atoms with van der Waals surface area (Å²) in [6.07, 6.45) is 7.99. The molecule has 41 heavy (non-hydrogen) atoms. The van der Waals surface area contributed by atoms with E-state index in [0.29, 0.717) is 42.2 Å². The summed E-state index contributed by atoms with van der Waals surface area (Å²) >= 11 is 0. The molecule has 1 fully saturated rings. The van der Waals surface area contributed by atoms with Crippen molar-refractivity contribution in [1.82, 2.24) is 9.80 Å². The summed E-state index contributed by atoms with van der Waals surface area (Å²) in [6, 6.07) is 8.58. The van der Waals surface area contributed by atoms with Gasteiger partial charge in [-0.25, -0.2) is 0 Å². The number of benzene rings is 2. The van der Waals surface area contributed by atoms with Crippen molar-refractivity contribution >= 4 is 12.2 Å². The number of hydrogen-bond donors (Lipinski definition) is 0. The number of aldehydes is 1. The highest BCUT2D eigenvalue weighted by Gasteiger charge is 2.42. The predicted octanol–water partition coefficient (Wildman–Crippen LogP) is 4.94. The van der Waals surface area contributed by atoms with E-state index in [1.807, 2.05) is 11.0 Å². The van der Waals surface area contributed by atoms with Gasteiger partial charge in [-0.15, -0.1) is 0 Å². The normalized spacial score (nSPS) is 23.8. The summed E-state index contributed by atoms with van der Waals surface area (Å²) in [6.45, 7) is 4.93. The molecule has 5 rings (SSSR count). The molecule has 3 heterocycles. The molecule has 0 saturated carbocycles. The second-order valence-electron chi connectivity index (χ2n) is 11.3. The van der Waals surface area contributed by atoms with E-state index in [1.165, 1.54) is 28.8 Å². The number of carbonyl (C=O) groups excluding carboxylic acids is 2. The van der Waals surface area contributed by atoms with Gasteiger partial charge in [0, 0.05) is 31.8 Å². The molecule has 220 valence electrons. The molecular formula is C33H42N2O6. The Morgan fingerprint density at radius 1 is 0.854 bits per heavy atom. The zero-order valence-electron chi connectivity index (χ0n) is 24.9. The average molecular weight is 563 g/mol. The molecule has 0 aromatic heterocycles. The number of amides is 1. The van der Waals surface area contributed by atoms with E-state index < -0.39 is 0 Å². The number of ether oxygens (including phenoxy) is 4. The molecule has 0 N–H and O–H groups in total. The van der Waals surface area contributed by atoms with Gasteiger partial charge in [0.2, 0.25) is 5.91 Å². The molecule has 2 aromatic carbocycles. The van der Waals surface area contributed by atoms with Crippen LogP contribution in [0.25, 0.3) is 0 Å². The molecule has 1 amide bonds. The van der Waals surface area contributed by atoms with Crippen molar-refractivity contribution in [3.05, 3.63) is 58.7 Å². The SMILES string of the molecule is CCC1CN2CCc3cc(OC)c(OC)cc3C2CC1CC1c2cc(OC)c(OC)cc2CCN1C(=O)/C=C/C=O. The van der Waals surface area contributed by atoms with E-state index in [-0.39, 0.29) is 11.9 Å². The van der Waals surface area contributed by atoms with Crippen molar-refractivity contribution in [3.8, 4) is 23.0 Å². The van der Waals surface area contributed by atoms with Crippen LogP contribution in [0, 0.1) is 11.8 Å². The summed E-state index contributed by atoms with van der Waals surface area (Å²) in [5.74, 6) is 3.69. The summed E-state index contributed by atoms with van der Waals surface area (Å²) < 4.78 is 22.6. The first-order chi connectivity index (χ1) is 20.0. The number of fused-ring (bicyclic) bond motifs is 4. The number of carbonyl (C=O) groups is 2. The van der Waals surface area contributed by atoms with Gasteiger partial charge in [-0.2, -0.15) is 0 Å². The highest BCUT2D eigenvalue weighted by atomic mass is 16.5. The molecule has 8 nitrogen and oxygen atoms in total.